The van der Waals surface area contributed by atoms with E-state index in [1.165, 1.54) is 0 Å². The largest absolute Gasteiger partial charge is 0.502 e. The Morgan fingerprint density at radius 3 is 2.56 bits per heavy atom. The summed E-state index contributed by atoms with van der Waals surface area (Å²) in [4.78, 5) is 0. The molecule has 0 bridgehead atoms. The third-order valence-corrected chi connectivity index (χ3v) is 0.882. The maximum absolute atomic E-state index is 5.11. The van der Waals surface area contributed by atoms with Crippen molar-refractivity contribution in [3.63, 3.8) is 0 Å². The summed E-state index contributed by atoms with van der Waals surface area (Å²) in [5.74, 6) is 0.599. The highest BCUT2D eigenvalue weighted by Gasteiger charge is 1.81. The van der Waals surface area contributed by atoms with Crippen molar-refractivity contribution in [3.05, 3.63) is 12.3 Å². The molecule has 54 valence electrons. The van der Waals surface area contributed by atoms with E-state index in [2.05, 4.69) is 26.8 Å². The number of hydrogen-bond donors (Lipinski definition) is 0. The highest BCUT2D eigenvalue weighted by atomic mass is 16.5. The number of hydrogen-bond acceptors (Lipinski definition) is 1. The molecule has 1 nitrogen and oxygen atoms in total. The second-order valence-corrected chi connectivity index (χ2v) is 2.44. The van der Waals surface area contributed by atoms with E-state index in [0.717, 1.165) is 13.0 Å². The fourth-order valence-corrected chi connectivity index (χ4v) is 0.399. The zero-order valence-corrected chi connectivity index (χ0v) is 6.55. The lowest BCUT2D eigenvalue weighted by Gasteiger charge is -1.96. The Hall–Kier alpha value is -0.460. The zero-order chi connectivity index (χ0) is 7.11. The van der Waals surface area contributed by atoms with Crippen molar-refractivity contribution in [2.45, 2.75) is 27.2 Å². The van der Waals surface area contributed by atoms with E-state index in [4.69, 9.17) is 4.74 Å². The lowest BCUT2D eigenvalue weighted by atomic mass is 10.2. The molecule has 0 unspecified atom stereocenters. The summed E-state index contributed by atoms with van der Waals surface area (Å²) in [5, 5.41) is 0. The van der Waals surface area contributed by atoms with E-state index in [0.29, 0.717) is 5.92 Å². The monoisotopic (exact) mass is 128 g/mol. The average Bonchev–Trinajstić information content (AvgIpc) is 1.80. The molecule has 0 aliphatic heterocycles. The third-order valence-electron chi connectivity index (χ3n) is 0.882. The van der Waals surface area contributed by atoms with E-state index in [-0.39, 0.29) is 0 Å². The van der Waals surface area contributed by atoms with Crippen LogP contribution in [-0.2, 0) is 4.74 Å². The highest BCUT2D eigenvalue weighted by Crippen LogP contribution is 1.93. The van der Waals surface area contributed by atoms with E-state index >= 15 is 0 Å². The van der Waals surface area contributed by atoms with Gasteiger partial charge in [0.25, 0.3) is 0 Å². The molecule has 0 rings (SSSR count). The van der Waals surface area contributed by atoms with Gasteiger partial charge in [0.1, 0.15) is 0 Å². The molecule has 0 aromatic carbocycles. The number of ether oxygens (including phenoxy) is 1. The van der Waals surface area contributed by atoms with Crippen LogP contribution in [0.25, 0.3) is 0 Å². The van der Waals surface area contributed by atoms with E-state index in [1.807, 2.05) is 0 Å². The maximum Gasteiger partial charge on any atom is 0.0870 e. The summed E-state index contributed by atoms with van der Waals surface area (Å²) in [7, 11) is 0. The zero-order valence-electron chi connectivity index (χ0n) is 6.55. The summed E-state index contributed by atoms with van der Waals surface area (Å²) < 4.78 is 5.11. The molecule has 0 radical (unpaired) electrons. The summed E-state index contributed by atoms with van der Waals surface area (Å²) in [6, 6.07) is 0. The molecule has 0 saturated carbocycles. The quantitative estimate of drug-likeness (QED) is 0.417. The van der Waals surface area contributed by atoms with Crippen LogP contribution in [0.5, 0.6) is 0 Å². The Morgan fingerprint density at radius 1 is 1.44 bits per heavy atom. The topological polar surface area (TPSA) is 9.23 Å². The standard InChI is InChI=1S/C8H16O/c1-4-6-9-7-5-8(2)3/h5,7-8H,4,6H2,1-3H3/b7-5-. The molecule has 0 amide bonds. The predicted octanol–water partition coefficient (Wildman–Crippen LogP) is 2.58. The minimum absolute atomic E-state index is 0.599. The minimum Gasteiger partial charge on any atom is -0.502 e. The molecule has 0 aliphatic rings. The van der Waals surface area contributed by atoms with Gasteiger partial charge in [0, 0.05) is 0 Å². The second kappa shape index (κ2) is 5.67. The molecule has 0 N–H and O–H groups in total. The summed E-state index contributed by atoms with van der Waals surface area (Å²) in [6.07, 6.45) is 4.92. The molecule has 9 heavy (non-hydrogen) atoms. The Bertz CT molecular complexity index is 74.6. The van der Waals surface area contributed by atoms with Crippen molar-refractivity contribution in [1.29, 1.82) is 0 Å². The van der Waals surface area contributed by atoms with Gasteiger partial charge in [-0.2, -0.15) is 0 Å². The van der Waals surface area contributed by atoms with Gasteiger partial charge in [-0.3, -0.25) is 0 Å². The molecule has 1 heteroatoms. The van der Waals surface area contributed by atoms with Crippen LogP contribution in [0.15, 0.2) is 12.3 Å². The van der Waals surface area contributed by atoms with Crippen LogP contribution in [0.4, 0.5) is 0 Å². The fraction of sp³-hybridized carbons (Fsp3) is 0.750. The Morgan fingerprint density at radius 2 is 2.11 bits per heavy atom. The smallest absolute Gasteiger partial charge is 0.0870 e. The number of rotatable bonds is 4. The van der Waals surface area contributed by atoms with Crippen molar-refractivity contribution in [1.82, 2.24) is 0 Å². The van der Waals surface area contributed by atoms with Gasteiger partial charge in [-0.1, -0.05) is 20.8 Å². The van der Waals surface area contributed by atoms with Gasteiger partial charge in [0.15, 0.2) is 0 Å². The van der Waals surface area contributed by atoms with Crippen LogP contribution < -0.4 is 0 Å². The summed E-state index contributed by atoms with van der Waals surface area (Å²) in [6.45, 7) is 7.20. The van der Waals surface area contributed by atoms with Crippen molar-refractivity contribution in [2.24, 2.45) is 5.92 Å². The van der Waals surface area contributed by atoms with E-state index in [1.54, 1.807) is 6.26 Å². The first-order valence-electron chi connectivity index (χ1n) is 3.55. The van der Waals surface area contributed by atoms with E-state index < -0.39 is 0 Å². The predicted molar refractivity (Wildman–Crippen MR) is 40.2 cm³/mol. The molecule has 0 fully saturated rings. The van der Waals surface area contributed by atoms with Crippen LogP contribution in [0.1, 0.15) is 27.2 Å². The second-order valence-electron chi connectivity index (χ2n) is 2.44. The summed E-state index contributed by atoms with van der Waals surface area (Å²) in [5.41, 5.74) is 0. The van der Waals surface area contributed by atoms with Gasteiger partial charge in [-0.05, 0) is 18.4 Å². The van der Waals surface area contributed by atoms with Crippen LogP contribution in [0, 0.1) is 5.92 Å². The van der Waals surface area contributed by atoms with Gasteiger partial charge < -0.3 is 4.74 Å². The maximum atomic E-state index is 5.11. The first-order chi connectivity index (χ1) is 4.27. The van der Waals surface area contributed by atoms with Crippen molar-refractivity contribution in [2.75, 3.05) is 6.61 Å². The SMILES string of the molecule is CCCO/C=C\C(C)C. The molecule has 0 aromatic heterocycles. The highest BCUT2D eigenvalue weighted by molar-refractivity contribution is 4.76. The molecule has 0 spiro atoms. The Balaban J connectivity index is 3.04. The Labute approximate surface area is 57.7 Å². The van der Waals surface area contributed by atoms with Gasteiger partial charge in [-0.15, -0.1) is 0 Å². The first-order valence-corrected chi connectivity index (χ1v) is 3.55. The molecule has 0 aromatic rings. The normalized spacial score (nSPS) is 11.1. The van der Waals surface area contributed by atoms with Crippen LogP contribution >= 0.6 is 0 Å². The van der Waals surface area contributed by atoms with Crippen LogP contribution in [0.2, 0.25) is 0 Å². The Kier molecular flexibility index (Phi) is 5.38. The average molecular weight is 128 g/mol. The minimum atomic E-state index is 0.599. The van der Waals surface area contributed by atoms with E-state index in [9.17, 15) is 0 Å². The molecule has 0 aliphatic carbocycles. The van der Waals surface area contributed by atoms with Crippen molar-refractivity contribution in [3.8, 4) is 0 Å². The fourth-order valence-electron chi connectivity index (χ4n) is 0.399. The van der Waals surface area contributed by atoms with Crippen LogP contribution in [0.3, 0.4) is 0 Å². The molecule has 0 heterocycles. The molecular formula is C8H16O. The van der Waals surface area contributed by atoms with Gasteiger partial charge in [0.2, 0.25) is 0 Å². The van der Waals surface area contributed by atoms with Gasteiger partial charge in [0.05, 0.1) is 12.9 Å². The number of allylic oxidation sites excluding steroid dienone is 1. The molecule has 0 saturated heterocycles. The third kappa shape index (κ3) is 7.54. The van der Waals surface area contributed by atoms with Crippen molar-refractivity contribution >= 4 is 0 Å². The van der Waals surface area contributed by atoms with Gasteiger partial charge >= 0.3 is 0 Å². The molecule has 0 atom stereocenters. The van der Waals surface area contributed by atoms with Crippen molar-refractivity contribution < 1.29 is 4.74 Å². The first kappa shape index (κ1) is 8.54. The van der Waals surface area contributed by atoms with Crippen LogP contribution in [-0.4, -0.2) is 6.61 Å². The van der Waals surface area contributed by atoms with Gasteiger partial charge in [-0.25, -0.2) is 0 Å². The summed E-state index contributed by atoms with van der Waals surface area (Å²) >= 11 is 0. The molecular weight excluding hydrogens is 112 g/mol. The lowest BCUT2D eigenvalue weighted by molar-refractivity contribution is 0.248. The lowest BCUT2D eigenvalue weighted by Crippen LogP contribution is -1.84.